The normalized spacial score (nSPS) is 11.7. The fourth-order valence-electron chi connectivity index (χ4n) is 2.79. The highest BCUT2D eigenvalue weighted by molar-refractivity contribution is 6.31. The lowest BCUT2D eigenvalue weighted by Gasteiger charge is -2.19. The third-order valence-corrected chi connectivity index (χ3v) is 4.57. The molecule has 6 heteroatoms. The number of rotatable bonds is 6. The SMILES string of the molecule is COc1ccc(-c2cc([N+](=O)[O-])ccc2O[C@@H](C)c2ccccc2Cl)cc1. The number of nitro groups is 1. The van der Waals surface area contributed by atoms with Gasteiger partial charge in [-0.05, 0) is 36.8 Å². The Balaban J connectivity index is 2.01. The van der Waals surface area contributed by atoms with Crippen molar-refractivity contribution in [2.75, 3.05) is 7.11 Å². The van der Waals surface area contributed by atoms with E-state index in [1.807, 2.05) is 37.3 Å². The second-order valence-corrected chi connectivity index (χ2v) is 6.35. The van der Waals surface area contributed by atoms with Gasteiger partial charge in [0.05, 0.1) is 12.0 Å². The fraction of sp³-hybridized carbons (Fsp3) is 0.143. The molecule has 3 rings (SSSR count). The van der Waals surface area contributed by atoms with Gasteiger partial charge in [0.1, 0.15) is 17.6 Å². The summed E-state index contributed by atoms with van der Waals surface area (Å²) in [6.07, 6.45) is -0.322. The van der Waals surface area contributed by atoms with Crippen LogP contribution in [0.5, 0.6) is 11.5 Å². The number of methoxy groups -OCH3 is 1. The van der Waals surface area contributed by atoms with Crippen molar-refractivity contribution >= 4 is 17.3 Å². The molecule has 0 aliphatic heterocycles. The number of nitro benzene ring substituents is 1. The van der Waals surface area contributed by atoms with Gasteiger partial charge in [-0.15, -0.1) is 0 Å². The molecule has 0 heterocycles. The summed E-state index contributed by atoms with van der Waals surface area (Å²) in [4.78, 5) is 10.8. The third kappa shape index (κ3) is 4.20. The average molecular weight is 384 g/mol. The number of hydrogen-bond acceptors (Lipinski definition) is 4. The number of hydrogen-bond donors (Lipinski definition) is 0. The van der Waals surface area contributed by atoms with Gasteiger partial charge >= 0.3 is 0 Å². The van der Waals surface area contributed by atoms with E-state index in [4.69, 9.17) is 21.1 Å². The van der Waals surface area contributed by atoms with E-state index in [0.717, 1.165) is 11.1 Å². The molecule has 0 fully saturated rings. The highest BCUT2D eigenvalue weighted by Gasteiger charge is 2.17. The van der Waals surface area contributed by atoms with Crippen LogP contribution in [0.1, 0.15) is 18.6 Å². The number of nitrogens with zero attached hydrogens (tertiary/aromatic N) is 1. The largest absolute Gasteiger partial charge is 0.497 e. The Bertz CT molecular complexity index is 957. The van der Waals surface area contributed by atoms with Crippen LogP contribution in [0, 0.1) is 10.1 Å². The molecule has 0 amide bonds. The first kappa shape index (κ1) is 18.7. The summed E-state index contributed by atoms with van der Waals surface area (Å²) in [5.74, 6) is 1.24. The van der Waals surface area contributed by atoms with Crippen molar-refractivity contribution in [3.63, 3.8) is 0 Å². The molecule has 0 radical (unpaired) electrons. The minimum absolute atomic E-state index is 0.00133. The van der Waals surface area contributed by atoms with Gasteiger partial charge in [0, 0.05) is 28.3 Å². The lowest BCUT2D eigenvalue weighted by Crippen LogP contribution is -2.05. The first-order valence-corrected chi connectivity index (χ1v) is 8.71. The Morgan fingerprint density at radius 2 is 1.74 bits per heavy atom. The maximum absolute atomic E-state index is 11.2. The van der Waals surface area contributed by atoms with Gasteiger partial charge in [-0.2, -0.15) is 0 Å². The van der Waals surface area contributed by atoms with Gasteiger partial charge in [0.15, 0.2) is 0 Å². The molecule has 5 nitrogen and oxygen atoms in total. The third-order valence-electron chi connectivity index (χ3n) is 4.22. The van der Waals surface area contributed by atoms with Crippen LogP contribution in [0.3, 0.4) is 0 Å². The van der Waals surface area contributed by atoms with Gasteiger partial charge in [0.2, 0.25) is 0 Å². The van der Waals surface area contributed by atoms with Crippen LogP contribution in [0.2, 0.25) is 5.02 Å². The maximum Gasteiger partial charge on any atom is 0.270 e. The molecule has 0 saturated carbocycles. The smallest absolute Gasteiger partial charge is 0.270 e. The van der Waals surface area contributed by atoms with Crippen LogP contribution in [0.25, 0.3) is 11.1 Å². The Morgan fingerprint density at radius 3 is 2.37 bits per heavy atom. The lowest BCUT2D eigenvalue weighted by atomic mass is 10.0. The summed E-state index contributed by atoms with van der Waals surface area (Å²) >= 11 is 6.26. The Morgan fingerprint density at radius 1 is 1.04 bits per heavy atom. The predicted octanol–water partition coefficient (Wildman–Crippen LogP) is 6.06. The van der Waals surface area contributed by atoms with Crippen molar-refractivity contribution in [3.8, 4) is 22.6 Å². The van der Waals surface area contributed by atoms with Gasteiger partial charge < -0.3 is 9.47 Å². The Labute approximate surface area is 162 Å². The van der Waals surface area contributed by atoms with Crippen LogP contribution in [0.15, 0.2) is 66.7 Å². The van der Waals surface area contributed by atoms with Crippen molar-refractivity contribution in [2.24, 2.45) is 0 Å². The van der Waals surface area contributed by atoms with Crippen molar-refractivity contribution < 1.29 is 14.4 Å². The molecular weight excluding hydrogens is 366 g/mol. The Hall–Kier alpha value is -3.05. The molecule has 0 spiro atoms. The maximum atomic E-state index is 11.2. The average Bonchev–Trinajstić information content (AvgIpc) is 2.68. The zero-order valence-corrected chi connectivity index (χ0v) is 15.6. The van der Waals surface area contributed by atoms with Gasteiger partial charge in [-0.3, -0.25) is 10.1 Å². The molecular formula is C21H18ClNO4. The summed E-state index contributed by atoms with van der Waals surface area (Å²) in [6, 6.07) is 19.3. The standard InChI is InChI=1S/C21H18ClNO4/c1-14(18-5-3-4-6-20(18)22)27-21-12-9-16(23(24)25)13-19(21)15-7-10-17(26-2)11-8-15/h3-14H,1-2H3/t14-/m0/s1. The molecule has 0 aliphatic carbocycles. The summed E-state index contributed by atoms with van der Waals surface area (Å²) in [5.41, 5.74) is 2.27. The van der Waals surface area contributed by atoms with Crippen LogP contribution >= 0.6 is 11.6 Å². The highest BCUT2D eigenvalue weighted by atomic mass is 35.5. The number of benzene rings is 3. The van der Waals surface area contributed by atoms with Crippen LogP contribution in [0.4, 0.5) is 5.69 Å². The highest BCUT2D eigenvalue weighted by Crippen LogP contribution is 2.37. The van der Waals surface area contributed by atoms with Gasteiger partial charge in [0.25, 0.3) is 5.69 Å². The van der Waals surface area contributed by atoms with Crippen molar-refractivity contribution in [2.45, 2.75) is 13.0 Å². The van der Waals surface area contributed by atoms with E-state index in [9.17, 15) is 10.1 Å². The molecule has 0 saturated heterocycles. The molecule has 27 heavy (non-hydrogen) atoms. The summed E-state index contributed by atoms with van der Waals surface area (Å²) in [6.45, 7) is 1.89. The molecule has 0 N–H and O–H groups in total. The van der Waals surface area contributed by atoms with Gasteiger partial charge in [-0.1, -0.05) is 41.9 Å². The predicted molar refractivity (Wildman–Crippen MR) is 106 cm³/mol. The minimum atomic E-state index is -0.422. The number of halogens is 1. The van der Waals surface area contributed by atoms with Crippen LogP contribution < -0.4 is 9.47 Å². The monoisotopic (exact) mass is 383 g/mol. The molecule has 0 unspecified atom stereocenters. The number of non-ortho nitro benzene ring substituents is 1. The molecule has 138 valence electrons. The first-order chi connectivity index (χ1) is 13.0. The molecule has 3 aromatic rings. The molecule has 3 aromatic carbocycles. The first-order valence-electron chi connectivity index (χ1n) is 8.33. The van der Waals surface area contributed by atoms with Crippen molar-refractivity contribution in [1.82, 2.24) is 0 Å². The molecule has 0 aromatic heterocycles. The van der Waals surface area contributed by atoms with E-state index in [0.29, 0.717) is 22.1 Å². The van der Waals surface area contributed by atoms with Crippen LogP contribution in [-0.2, 0) is 0 Å². The van der Waals surface area contributed by atoms with Gasteiger partial charge in [-0.25, -0.2) is 0 Å². The second kappa shape index (κ2) is 8.10. The fourth-order valence-corrected chi connectivity index (χ4v) is 3.08. The molecule has 0 aliphatic rings. The van der Waals surface area contributed by atoms with E-state index < -0.39 is 4.92 Å². The topological polar surface area (TPSA) is 61.6 Å². The van der Waals surface area contributed by atoms with E-state index in [-0.39, 0.29) is 11.8 Å². The number of ether oxygens (including phenoxy) is 2. The summed E-state index contributed by atoms with van der Waals surface area (Å²) in [7, 11) is 1.59. The zero-order valence-electron chi connectivity index (χ0n) is 14.9. The minimum Gasteiger partial charge on any atom is -0.497 e. The zero-order chi connectivity index (χ0) is 19.4. The summed E-state index contributed by atoms with van der Waals surface area (Å²) < 4.78 is 11.3. The second-order valence-electron chi connectivity index (χ2n) is 5.95. The summed E-state index contributed by atoms with van der Waals surface area (Å²) in [5, 5.41) is 11.8. The molecule has 1 atom stereocenters. The van der Waals surface area contributed by atoms with E-state index in [1.165, 1.54) is 12.1 Å². The lowest BCUT2D eigenvalue weighted by molar-refractivity contribution is -0.384. The van der Waals surface area contributed by atoms with E-state index in [2.05, 4.69) is 0 Å². The van der Waals surface area contributed by atoms with Crippen LogP contribution in [-0.4, -0.2) is 12.0 Å². The van der Waals surface area contributed by atoms with E-state index >= 15 is 0 Å². The van der Waals surface area contributed by atoms with E-state index in [1.54, 1.807) is 31.4 Å². The molecule has 0 bridgehead atoms. The van der Waals surface area contributed by atoms with Crippen molar-refractivity contribution in [3.05, 3.63) is 87.4 Å². The van der Waals surface area contributed by atoms with Crippen molar-refractivity contribution in [1.29, 1.82) is 0 Å². The Kier molecular flexibility index (Phi) is 5.62. The quantitative estimate of drug-likeness (QED) is 0.383.